The number of aromatic nitrogens is 2. The Morgan fingerprint density at radius 1 is 1.42 bits per heavy atom. The largest absolute Gasteiger partial charge is 0.479 e. The zero-order chi connectivity index (χ0) is 14.0. The number of aliphatic carboxylic acids is 1. The topological polar surface area (TPSA) is 64.4 Å². The molecule has 0 spiro atoms. The fourth-order valence-electron chi connectivity index (χ4n) is 1.75. The lowest BCUT2D eigenvalue weighted by Gasteiger charge is -2.08. The Labute approximate surface area is 118 Å². The van der Waals surface area contributed by atoms with Gasteiger partial charge in [0.2, 0.25) is 5.88 Å². The van der Waals surface area contributed by atoms with Crippen molar-refractivity contribution in [3.05, 3.63) is 40.0 Å². The van der Waals surface area contributed by atoms with Crippen LogP contribution in [0, 0.1) is 13.8 Å². The molecule has 0 bridgehead atoms. The number of ether oxygens (including phenoxy) is 1. The van der Waals surface area contributed by atoms with E-state index in [2.05, 4.69) is 21.0 Å². The molecule has 0 aliphatic heterocycles. The molecule has 1 N–H and O–H groups in total. The molecule has 0 saturated heterocycles. The van der Waals surface area contributed by atoms with Crippen LogP contribution in [-0.4, -0.2) is 27.5 Å². The molecule has 0 fully saturated rings. The van der Waals surface area contributed by atoms with Crippen molar-refractivity contribution in [3.63, 3.8) is 0 Å². The van der Waals surface area contributed by atoms with Crippen molar-refractivity contribution in [1.82, 2.24) is 9.78 Å². The first kappa shape index (κ1) is 13.6. The molecule has 0 aliphatic rings. The lowest BCUT2D eigenvalue weighted by Crippen LogP contribution is -2.10. The van der Waals surface area contributed by atoms with Gasteiger partial charge >= 0.3 is 5.97 Å². The summed E-state index contributed by atoms with van der Waals surface area (Å²) in [5.41, 5.74) is 2.88. The first-order valence-corrected chi connectivity index (χ1v) is 6.44. The van der Waals surface area contributed by atoms with Crippen LogP contribution in [0.5, 0.6) is 5.88 Å². The van der Waals surface area contributed by atoms with Crippen LogP contribution in [0.4, 0.5) is 0 Å². The summed E-state index contributed by atoms with van der Waals surface area (Å²) in [7, 11) is 0. The van der Waals surface area contributed by atoms with E-state index in [4.69, 9.17) is 9.84 Å². The number of aryl methyl sites for hydroxylation is 2. The van der Waals surface area contributed by atoms with Crippen LogP contribution < -0.4 is 4.74 Å². The Bertz CT molecular complexity index is 622. The third-order valence-electron chi connectivity index (χ3n) is 2.60. The molecule has 1 aromatic carbocycles. The van der Waals surface area contributed by atoms with Crippen molar-refractivity contribution in [3.8, 4) is 11.6 Å². The number of carbonyl (C=O) groups is 1. The number of nitrogens with zero attached hydrogens (tertiary/aromatic N) is 2. The molecule has 1 heterocycles. The second-order valence-corrected chi connectivity index (χ2v) is 5.06. The number of hydrogen-bond donors (Lipinski definition) is 1. The highest BCUT2D eigenvalue weighted by Gasteiger charge is 2.10. The quantitative estimate of drug-likeness (QED) is 0.939. The van der Waals surface area contributed by atoms with Crippen molar-refractivity contribution in [2.75, 3.05) is 6.61 Å². The Morgan fingerprint density at radius 3 is 2.79 bits per heavy atom. The van der Waals surface area contributed by atoms with E-state index in [-0.39, 0.29) is 0 Å². The van der Waals surface area contributed by atoms with Crippen molar-refractivity contribution in [1.29, 1.82) is 0 Å². The fraction of sp³-hybridized carbons (Fsp3) is 0.231. The number of halogens is 1. The molecule has 0 saturated carbocycles. The number of rotatable bonds is 4. The van der Waals surface area contributed by atoms with E-state index in [1.54, 1.807) is 10.7 Å². The van der Waals surface area contributed by atoms with Crippen molar-refractivity contribution in [2.45, 2.75) is 13.8 Å². The summed E-state index contributed by atoms with van der Waals surface area (Å²) in [6.07, 6.45) is 0. The Morgan fingerprint density at radius 2 is 2.16 bits per heavy atom. The van der Waals surface area contributed by atoms with Gasteiger partial charge in [0.15, 0.2) is 6.61 Å². The molecule has 2 aromatic rings. The van der Waals surface area contributed by atoms with Crippen LogP contribution in [0.15, 0.2) is 28.7 Å². The Kier molecular flexibility index (Phi) is 3.90. The molecular weight excluding hydrogens is 312 g/mol. The van der Waals surface area contributed by atoms with Gasteiger partial charge in [-0.2, -0.15) is 0 Å². The Balaban J connectivity index is 2.32. The zero-order valence-corrected chi connectivity index (χ0v) is 12.1. The highest BCUT2D eigenvalue weighted by Crippen LogP contribution is 2.22. The summed E-state index contributed by atoms with van der Waals surface area (Å²) in [5.74, 6) is -0.714. The van der Waals surface area contributed by atoms with E-state index in [0.29, 0.717) is 5.88 Å². The molecule has 0 aliphatic carbocycles. The van der Waals surface area contributed by atoms with Crippen molar-refractivity contribution < 1.29 is 14.6 Å². The van der Waals surface area contributed by atoms with E-state index in [0.717, 1.165) is 21.4 Å². The zero-order valence-electron chi connectivity index (χ0n) is 10.6. The molecule has 0 radical (unpaired) electrons. The number of carboxylic acid groups (broad SMARTS) is 1. The first-order chi connectivity index (χ1) is 8.97. The van der Waals surface area contributed by atoms with Crippen molar-refractivity contribution >= 4 is 21.9 Å². The van der Waals surface area contributed by atoms with Crippen LogP contribution in [0.1, 0.15) is 11.3 Å². The van der Waals surface area contributed by atoms with E-state index in [9.17, 15) is 4.79 Å². The second-order valence-electron chi connectivity index (χ2n) is 4.15. The molecule has 1 aromatic heterocycles. The van der Waals surface area contributed by atoms with Gasteiger partial charge in [0.25, 0.3) is 0 Å². The maximum absolute atomic E-state index is 10.5. The summed E-state index contributed by atoms with van der Waals surface area (Å²) >= 11 is 3.41. The molecular formula is C13H13BrN2O3. The average molecular weight is 325 g/mol. The molecule has 100 valence electrons. The van der Waals surface area contributed by atoms with E-state index >= 15 is 0 Å². The summed E-state index contributed by atoms with van der Waals surface area (Å²) in [6, 6.07) is 7.58. The van der Waals surface area contributed by atoms with E-state index in [1.807, 2.05) is 32.0 Å². The van der Waals surface area contributed by atoms with Crippen molar-refractivity contribution in [2.24, 2.45) is 0 Å². The monoisotopic (exact) mass is 324 g/mol. The summed E-state index contributed by atoms with van der Waals surface area (Å²) in [4.78, 5) is 10.5. The van der Waals surface area contributed by atoms with E-state index in [1.165, 1.54) is 0 Å². The minimum atomic E-state index is -1.02. The minimum Gasteiger partial charge on any atom is -0.479 e. The molecule has 0 atom stereocenters. The molecule has 6 heteroatoms. The van der Waals surface area contributed by atoms with Gasteiger partial charge in [-0.3, -0.25) is 0 Å². The third-order valence-corrected chi connectivity index (χ3v) is 3.09. The lowest BCUT2D eigenvalue weighted by molar-refractivity contribution is -0.139. The Hall–Kier alpha value is -1.82. The van der Waals surface area contributed by atoms with Crippen LogP contribution >= 0.6 is 15.9 Å². The predicted octanol–water partition coefficient (Wildman–Crippen LogP) is 2.72. The summed E-state index contributed by atoms with van der Waals surface area (Å²) in [5, 5.41) is 12.8. The molecule has 5 nitrogen and oxygen atoms in total. The standard InChI is InChI=1S/C13H13BrN2O3/c1-8-5-10(14)3-4-11(8)16-9(2)6-12(15-16)19-7-13(17)18/h3-6H,7H2,1-2H3,(H,17,18). The summed E-state index contributed by atoms with van der Waals surface area (Å²) in [6.45, 7) is 3.48. The third kappa shape index (κ3) is 3.14. The normalized spacial score (nSPS) is 10.5. The highest BCUT2D eigenvalue weighted by molar-refractivity contribution is 9.10. The lowest BCUT2D eigenvalue weighted by atomic mass is 10.2. The van der Waals surface area contributed by atoms with Gasteiger partial charge in [0.05, 0.1) is 5.69 Å². The van der Waals surface area contributed by atoms with Gasteiger partial charge in [-0.1, -0.05) is 15.9 Å². The maximum Gasteiger partial charge on any atom is 0.341 e. The predicted molar refractivity (Wildman–Crippen MR) is 73.9 cm³/mol. The molecule has 19 heavy (non-hydrogen) atoms. The highest BCUT2D eigenvalue weighted by atomic mass is 79.9. The fourth-order valence-corrected chi connectivity index (χ4v) is 2.23. The number of carboxylic acids is 1. The number of hydrogen-bond acceptors (Lipinski definition) is 3. The smallest absolute Gasteiger partial charge is 0.341 e. The molecule has 2 rings (SSSR count). The van der Waals surface area contributed by atoms with Gasteiger partial charge in [-0.15, -0.1) is 5.10 Å². The van der Waals surface area contributed by atoms with E-state index < -0.39 is 12.6 Å². The van der Waals surface area contributed by atoms with Crippen LogP contribution in [-0.2, 0) is 4.79 Å². The summed E-state index contributed by atoms with van der Waals surface area (Å²) < 4.78 is 7.81. The first-order valence-electron chi connectivity index (χ1n) is 5.65. The SMILES string of the molecule is Cc1cc(Br)ccc1-n1nc(OCC(=O)O)cc1C. The van der Waals surface area contributed by atoms with Gasteiger partial charge in [-0.25, -0.2) is 9.48 Å². The second kappa shape index (κ2) is 5.44. The number of benzene rings is 1. The van der Waals surface area contributed by atoms with Crippen LogP contribution in [0.3, 0.4) is 0 Å². The van der Waals surface area contributed by atoms with Gasteiger partial charge in [0.1, 0.15) is 0 Å². The van der Waals surface area contributed by atoms with Crippen LogP contribution in [0.2, 0.25) is 0 Å². The average Bonchev–Trinajstić information content (AvgIpc) is 2.68. The molecule has 0 unspecified atom stereocenters. The van der Waals surface area contributed by atoms with Crippen LogP contribution in [0.25, 0.3) is 5.69 Å². The maximum atomic E-state index is 10.5. The van der Waals surface area contributed by atoms with Gasteiger partial charge < -0.3 is 9.84 Å². The van der Waals surface area contributed by atoms with Gasteiger partial charge in [0, 0.05) is 16.2 Å². The molecule has 0 amide bonds. The minimum absolute atomic E-state index is 0.308. The van der Waals surface area contributed by atoms with Gasteiger partial charge in [-0.05, 0) is 37.6 Å².